The van der Waals surface area contributed by atoms with Crippen LogP contribution in [0.4, 0.5) is 4.79 Å². The lowest BCUT2D eigenvalue weighted by Gasteiger charge is -2.37. The quantitative estimate of drug-likeness (QED) is 0.310. The topological polar surface area (TPSA) is 113 Å². The number of rotatable bonds is 13. The van der Waals surface area contributed by atoms with Crippen LogP contribution >= 0.6 is 15.9 Å². The molecular formula is C28H38BrNO7. The molecule has 2 aliphatic rings. The number of amides is 2. The minimum Gasteiger partial charge on any atom is -0.439 e. The third-order valence-corrected chi connectivity index (χ3v) is 8.00. The Balaban J connectivity index is 1.57. The first kappa shape index (κ1) is 29.5. The summed E-state index contributed by atoms with van der Waals surface area (Å²) in [5.41, 5.74) is 0.780. The molecule has 0 bridgehead atoms. The number of imide groups is 1. The van der Waals surface area contributed by atoms with Crippen LogP contribution in [0.5, 0.6) is 0 Å². The highest BCUT2D eigenvalue weighted by atomic mass is 79.9. The van der Waals surface area contributed by atoms with Crippen LogP contribution in [-0.2, 0) is 19.1 Å². The lowest BCUT2D eigenvalue weighted by atomic mass is 9.93. The summed E-state index contributed by atoms with van der Waals surface area (Å²) in [6.07, 6.45) is 6.76. The average molecular weight is 581 g/mol. The Labute approximate surface area is 227 Å². The van der Waals surface area contributed by atoms with Gasteiger partial charge in [0, 0.05) is 13.0 Å². The zero-order valence-electron chi connectivity index (χ0n) is 21.6. The summed E-state index contributed by atoms with van der Waals surface area (Å²) < 4.78 is 11.6. The third kappa shape index (κ3) is 7.28. The van der Waals surface area contributed by atoms with Gasteiger partial charge in [0.15, 0.2) is 11.6 Å². The van der Waals surface area contributed by atoms with E-state index in [4.69, 9.17) is 14.6 Å². The summed E-state index contributed by atoms with van der Waals surface area (Å²) in [6, 6.07) is 8.63. The zero-order valence-corrected chi connectivity index (χ0v) is 23.2. The fraction of sp³-hybridized carbons (Fsp3) is 0.607. The molecule has 204 valence electrons. The highest BCUT2D eigenvalue weighted by Gasteiger charge is 2.49. The predicted octanol–water partition coefficient (Wildman–Crippen LogP) is 5.17. The molecule has 1 aromatic carbocycles. The molecule has 2 amide bonds. The van der Waals surface area contributed by atoms with Gasteiger partial charge in [0.2, 0.25) is 5.91 Å². The number of carbonyl (C=O) groups excluding carboxylic acids is 3. The second-order valence-electron chi connectivity index (χ2n) is 9.97. The molecule has 0 saturated carbocycles. The maximum absolute atomic E-state index is 13.4. The summed E-state index contributed by atoms with van der Waals surface area (Å²) in [6.45, 7) is 3.51. The second-order valence-corrected chi connectivity index (χ2v) is 10.8. The lowest BCUT2D eigenvalue weighted by Crippen LogP contribution is -2.51. The van der Waals surface area contributed by atoms with E-state index in [0.29, 0.717) is 6.42 Å². The van der Waals surface area contributed by atoms with Gasteiger partial charge in [-0.15, -0.1) is 0 Å². The molecule has 0 radical (unpaired) electrons. The van der Waals surface area contributed by atoms with Crippen molar-refractivity contribution in [1.29, 1.82) is 0 Å². The van der Waals surface area contributed by atoms with Crippen LogP contribution in [0.3, 0.4) is 0 Å². The van der Waals surface area contributed by atoms with E-state index in [2.05, 4.69) is 15.9 Å². The van der Waals surface area contributed by atoms with Gasteiger partial charge in [-0.05, 0) is 47.3 Å². The Bertz CT molecular complexity index is 969. The van der Waals surface area contributed by atoms with E-state index in [1.54, 1.807) is 6.92 Å². The van der Waals surface area contributed by atoms with Gasteiger partial charge in [0.25, 0.3) is 0 Å². The zero-order chi connectivity index (χ0) is 27.0. The summed E-state index contributed by atoms with van der Waals surface area (Å²) in [7, 11) is 0. The van der Waals surface area contributed by atoms with Crippen LogP contribution in [0.25, 0.3) is 0 Å². The molecule has 2 heterocycles. The van der Waals surface area contributed by atoms with Gasteiger partial charge in [0.05, 0.1) is 16.4 Å². The van der Waals surface area contributed by atoms with Crippen LogP contribution in [0, 0.1) is 5.92 Å². The molecule has 0 aromatic heterocycles. The minimum absolute atomic E-state index is 0.239. The number of aliphatic hydroxyl groups excluding tert-OH is 1. The largest absolute Gasteiger partial charge is 0.439 e. The van der Waals surface area contributed by atoms with E-state index in [1.165, 1.54) is 13.0 Å². The van der Waals surface area contributed by atoms with Crippen molar-refractivity contribution in [3.63, 3.8) is 0 Å². The van der Waals surface area contributed by atoms with Gasteiger partial charge in [-0.25, -0.2) is 9.69 Å². The standard InChI is InChI=1S/C28H38BrNO7/c1-19(26(33)30-20(2)25(36-27(30)34)21-14-10-9-11-15-21)24-22(32)18-23(29)28(35,37-24)16-12-7-5-3-4-6-8-13-17-31/h9-11,14-15,18-20,24-25,31,35H,3-8,12-13,16-17H2,1-2H3/t19-,20-,24-,25-,28+/m0/s1. The summed E-state index contributed by atoms with van der Waals surface area (Å²) in [5, 5.41) is 20.0. The van der Waals surface area contributed by atoms with Crippen molar-refractivity contribution < 1.29 is 34.1 Å². The summed E-state index contributed by atoms with van der Waals surface area (Å²) in [4.78, 5) is 39.8. The highest BCUT2D eigenvalue weighted by Crippen LogP contribution is 2.38. The first-order valence-corrected chi connectivity index (χ1v) is 14.0. The Morgan fingerprint density at radius 3 is 2.27 bits per heavy atom. The van der Waals surface area contributed by atoms with Gasteiger partial charge in [-0.2, -0.15) is 0 Å². The Hall–Kier alpha value is -2.07. The first-order valence-electron chi connectivity index (χ1n) is 13.2. The number of ketones is 1. The van der Waals surface area contributed by atoms with Crippen molar-refractivity contribution in [3.8, 4) is 0 Å². The van der Waals surface area contributed by atoms with Gasteiger partial charge < -0.3 is 19.7 Å². The number of unbranched alkanes of at least 4 members (excludes halogenated alkanes) is 7. The van der Waals surface area contributed by atoms with E-state index >= 15 is 0 Å². The molecular weight excluding hydrogens is 542 g/mol. The van der Waals surface area contributed by atoms with Gasteiger partial charge in [0.1, 0.15) is 12.2 Å². The van der Waals surface area contributed by atoms with Crippen molar-refractivity contribution in [2.75, 3.05) is 6.61 Å². The molecule has 1 aromatic rings. The number of hydrogen-bond donors (Lipinski definition) is 2. The molecule has 37 heavy (non-hydrogen) atoms. The van der Waals surface area contributed by atoms with Crippen LogP contribution in [0.15, 0.2) is 40.9 Å². The maximum Gasteiger partial charge on any atom is 0.417 e. The van der Waals surface area contributed by atoms with Crippen molar-refractivity contribution in [1.82, 2.24) is 4.90 Å². The molecule has 5 atom stereocenters. The number of cyclic esters (lactones) is 1. The highest BCUT2D eigenvalue weighted by molar-refractivity contribution is 9.11. The predicted molar refractivity (Wildman–Crippen MR) is 142 cm³/mol. The van der Waals surface area contributed by atoms with Crippen molar-refractivity contribution in [3.05, 3.63) is 46.5 Å². The monoisotopic (exact) mass is 579 g/mol. The molecule has 1 fully saturated rings. The van der Waals surface area contributed by atoms with E-state index in [1.807, 2.05) is 30.3 Å². The van der Waals surface area contributed by atoms with Crippen LogP contribution in [0.1, 0.15) is 83.3 Å². The Kier molecular flexibility index (Phi) is 10.9. The Morgan fingerprint density at radius 2 is 1.65 bits per heavy atom. The Morgan fingerprint density at radius 1 is 1.05 bits per heavy atom. The molecule has 0 unspecified atom stereocenters. The first-order chi connectivity index (χ1) is 17.7. The van der Waals surface area contributed by atoms with Crippen molar-refractivity contribution in [2.45, 2.75) is 95.7 Å². The summed E-state index contributed by atoms with van der Waals surface area (Å²) in [5.74, 6) is -3.73. The maximum atomic E-state index is 13.4. The SMILES string of the molecule is C[C@H](C(=O)N1C(=O)O[C@H](c2ccccc2)[C@@H]1C)[C@@H]1O[C@](O)(CCCCCCCCCCO)C(Br)=CC1=O. The van der Waals surface area contributed by atoms with Gasteiger partial charge in [-0.3, -0.25) is 9.59 Å². The number of nitrogens with zero attached hydrogens (tertiary/aromatic N) is 1. The molecule has 2 aliphatic heterocycles. The van der Waals surface area contributed by atoms with Crippen LogP contribution in [-0.4, -0.2) is 57.4 Å². The van der Waals surface area contributed by atoms with E-state index in [-0.39, 0.29) is 17.5 Å². The molecule has 2 N–H and O–H groups in total. The number of halogens is 1. The van der Waals surface area contributed by atoms with E-state index in [9.17, 15) is 19.5 Å². The molecule has 1 saturated heterocycles. The molecule has 0 aliphatic carbocycles. The number of aliphatic hydroxyl groups is 2. The van der Waals surface area contributed by atoms with Crippen molar-refractivity contribution in [2.24, 2.45) is 5.92 Å². The van der Waals surface area contributed by atoms with Gasteiger partial charge >= 0.3 is 6.09 Å². The van der Waals surface area contributed by atoms with Crippen LogP contribution < -0.4 is 0 Å². The molecule has 0 spiro atoms. The van der Waals surface area contributed by atoms with Crippen LogP contribution in [0.2, 0.25) is 0 Å². The molecule has 3 rings (SSSR count). The van der Waals surface area contributed by atoms with Gasteiger partial charge in [-0.1, -0.05) is 75.8 Å². The van der Waals surface area contributed by atoms with Crippen molar-refractivity contribution >= 4 is 33.7 Å². The molecule has 8 nitrogen and oxygen atoms in total. The smallest absolute Gasteiger partial charge is 0.417 e. The lowest BCUT2D eigenvalue weighted by molar-refractivity contribution is -0.217. The number of hydrogen-bond acceptors (Lipinski definition) is 7. The normalized spacial score (nSPS) is 26.7. The van der Waals surface area contributed by atoms with E-state index in [0.717, 1.165) is 55.4 Å². The number of carbonyl (C=O) groups is 3. The minimum atomic E-state index is -1.71. The number of benzene rings is 1. The fourth-order valence-electron chi connectivity index (χ4n) is 4.90. The van der Waals surface area contributed by atoms with E-state index < -0.39 is 47.7 Å². The molecule has 9 heteroatoms. The summed E-state index contributed by atoms with van der Waals surface area (Å²) >= 11 is 3.28. The average Bonchev–Trinajstić information content (AvgIpc) is 3.18. The third-order valence-electron chi connectivity index (χ3n) is 7.15. The number of ether oxygens (including phenoxy) is 2. The fourth-order valence-corrected chi connectivity index (χ4v) is 5.42. The second kappa shape index (κ2) is 13.6.